The number of ether oxygens (including phenoxy) is 1. The van der Waals surface area contributed by atoms with Crippen LogP contribution in [0.4, 0.5) is 5.69 Å². The van der Waals surface area contributed by atoms with Crippen molar-refractivity contribution in [3.8, 4) is 5.75 Å². The zero-order valence-corrected chi connectivity index (χ0v) is 17.8. The number of fused-ring (bicyclic) bond motifs is 1. The fourth-order valence-corrected chi connectivity index (χ4v) is 4.08. The summed E-state index contributed by atoms with van der Waals surface area (Å²) in [6, 6.07) is 11.0. The molecule has 2 aromatic carbocycles. The first-order chi connectivity index (χ1) is 13.9. The molecule has 1 aliphatic rings. The third-order valence-electron chi connectivity index (χ3n) is 4.89. The second-order valence-corrected chi connectivity index (χ2v) is 7.97. The van der Waals surface area contributed by atoms with Crippen molar-refractivity contribution in [2.45, 2.75) is 38.5 Å². The lowest BCUT2D eigenvalue weighted by Gasteiger charge is -2.18. The number of carbonyl (C=O) groups excluding carboxylic acids is 2. The predicted molar refractivity (Wildman–Crippen MR) is 116 cm³/mol. The lowest BCUT2D eigenvalue weighted by molar-refractivity contribution is -0.121. The Kier molecular flexibility index (Phi) is 7.40. The summed E-state index contributed by atoms with van der Waals surface area (Å²) in [5.74, 6) is 0.787. The van der Waals surface area contributed by atoms with Crippen molar-refractivity contribution in [2.24, 2.45) is 0 Å². The monoisotopic (exact) mass is 434 g/mol. The van der Waals surface area contributed by atoms with Crippen LogP contribution in [0, 0.1) is 0 Å². The molecule has 2 aromatic rings. The van der Waals surface area contributed by atoms with Gasteiger partial charge in [0.05, 0.1) is 6.61 Å². The molecular weight excluding hydrogens is 411 g/mol. The maximum atomic E-state index is 12.1. The zero-order chi connectivity index (χ0) is 20.8. The Balaban J connectivity index is 1.39. The third-order valence-corrected chi connectivity index (χ3v) is 5.55. The molecule has 0 radical (unpaired) electrons. The molecule has 0 saturated heterocycles. The summed E-state index contributed by atoms with van der Waals surface area (Å²) in [5, 5.41) is 6.99. The van der Waals surface area contributed by atoms with E-state index in [2.05, 4.69) is 10.6 Å². The Morgan fingerprint density at radius 3 is 2.72 bits per heavy atom. The smallest absolute Gasteiger partial charge is 0.224 e. The van der Waals surface area contributed by atoms with Gasteiger partial charge in [-0.2, -0.15) is 0 Å². The Morgan fingerprint density at radius 1 is 1.21 bits per heavy atom. The van der Waals surface area contributed by atoms with E-state index >= 15 is 0 Å². The van der Waals surface area contributed by atoms with Gasteiger partial charge in [-0.25, -0.2) is 0 Å². The van der Waals surface area contributed by atoms with Crippen LogP contribution in [-0.4, -0.2) is 25.0 Å². The molecular formula is C22H24Cl2N2O3. The summed E-state index contributed by atoms with van der Waals surface area (Å²) in [6.07, 6.45) is 2.20. The highest BCUT2D eigenvalue weighted by molar-refractivity contribution is 6.36. The van der Waals surface area contributed by atoms with Crippen molar-refractivity contribution in [2.75, 3.05) is 18.5 Å². The average molecular weight is 435 g/mol. The molecule has 0 fully saturated rings. The van der Waals surface area contributed by atoms with Gasteiger partial charge in [-0.05, 0) is 54.3 Å². The van der Waals surface area contributed by atoms with Crippen molar-refractivity contribution in [1.82, 2.24) is 5.32 Å². The number of halogens is 2. The first-order valence-corrected chi connectivity index (χ1v) is 10.5. The quantitative estimate of drug-likeness (QED) is 0.577. The summed E-state index contributed by atoms with van der Waals surface area (Å²) in [6.45, 7) is 2.90. The molecule has 1 aliphatic heterocycles. The lowest BCUT2D eigenvalue weighted by Crippen LogP contribution is -2.27. The summed E-state index contributed by atoms with van der Waals surface area (Å²) in [5.41, 5.74) is 2.77. The molecule has 0 bridgehead atoms. The Morgan fingerprint density at radius 2 is 1.97 bits per heavy atom. The number of nitrogens with one attached hydrogen (secondary N) is 2. The van der Waals surface area contributed by atoms with Crippen molar-refractivity contribution in [1.29, 1.82) is 0 Å². The molecule has 1 atom stereocenters. The van der Waals surface area contributed by atoms with Crippen LogP contribution in [0.25, 0.3) is 0 Å². The normalized spacial score (nSPS) is 14.0. The van der Waals surface area contributed by atoms with E-state index < -0.39 is 0 Å². The third kappa shape index (κ3) is 5.87. The lowest BCUT2D eigenvalue weighted by atomic mass is 10.0. The maximum Gasteiger partial charge on any atom is 0.224 e. The van der Waals surface area contributed by atoms with E-state index in [0.29, 0.717) is 48.9 Å². The minimum atomic E-state index is -0.0308. The van der Waals surface area contributed by atoms with Gasteiger partial charge in [0.15, 0.2) is 0 Å². The molecule has 0 aromatic heterocycles. The van der Waals surface area contributed by atoms with Gasteiger partial charge in [-0.15, -0.1) is 0 Å². The molecule has 2 amide bonds. The van der Waals surface area contributed by atoms with E-state index in [0.717, 1.165) is 22.6 Å². The van der Waals surface area contributed by atoms with Gasteiger partial charge < -0.3 is 15.4 Å². The highest BCUT2D eigenvalue weighted by Crippen LogP contribution is 2.31. The van der Waals surface area contributed by atoms with Gasteiger partial charge in [0.25, 0.3) is 0 Å². The first kappa shape index (κ1) is 21.5. The number of aryl methyl sites for hydroxylation is 1. The molecule has 0 spiro atoms. The summed E-state index contributed by atoms with van der Waals surface area (Å²) in [7, 11) is 0. The zero-order valence-electron chi connectivity index (χ0n) is 16.3. The van der Waals surface area contributed by atoms with Crippen molar-refractivity contribution < 1.29 is 14.3 Å². The van der Waals surface area contributed by atoms with Crippen LogP contribution in [0.3, 0.4) is 0 Å². The largest absolute Gasteiger partial charge is 0.494 e. The number of anilines is 1. The summed E-state index contributed by atoms with van der Waals surface area (Å²) >= 11 is 12.4. The molecule has 2 N–H and O–H groups in total. The van der Waals surface area contributed by atoms with Crippen LogP contribution in [-0.2, 0) is 16.0 Å². The maximum absolute atomic E-state index is 12.1. The van der Waals surface area contributed by atoms with Crippen LogP contribution < -0.4 is 15.4 Å². The van der Waals surface area contributed by atoms with Gasteiger partial charge >= 0.3 is 0 Å². The first-order valence-electron chi connectivity index (χ1n) is 9.70. The number of amides is 2. The highest BCUT2D eigenvalue weighted by atomic mass is 35.5. The number of hydrogen-bond donors (Lipinski definition) is 2. The van der Waals surface area contributed by atoms with Crippen molar-refractivity contribution >= 4 is 40.7 Å². The van der Waals surface area contributed by atoms with E-state index in [4.69, 9.17) is 27.9 Å². The molecule has 0 saturated carbocycles. The SMILES string of the molecule is CC(CNC(=O)CCCOc1ccc2c(c1)CCC(=O)N2)c1c(Cl)cccc1Cl. The molecule has 1 unspecified atom stereocenters. The molecule has 1 heterocycles. The van der Waals surface area contributed by atoms with Crippen LogP contribution in [0.15, 0.2) is 36.4 Å². The second kappa shape index (κ2) is 9.99. The Hall–Kier alpha value is -2.24. The van der Waals surface area contributed by atoms with Gasteiger partial charge in [-0.3, -0.25) is 9.59 Å². The molecule has 0 aliphatic carbocycles. The van der Waals surface area contributed by atoms with Gasteiger partial charge in [-0.1, -0.05) is 36.2 Å². The van der Waals surface area contributed by atoms with E-state index in [-0.39, 0.29) is 17.7 Å². The van der Waals surface area contributed by atoms with E-state index in [1.54, 1.807) is 18.2 Å². The predicted octanol–water partition coefficient (Wildman–Crippen LogP) is 4.96. The number of rotatable bonds is 8. The number of benzene rings is 2. The molecule has 29 heavy (non-hydrogen) atoms. The van der Waals surface area contributed by atoms with Crippen LogP contribution >= 0.6 is 23.2 Å². The second-order valence-electron chi connectivity index (χ2n) is 7.16. The minimum absolute atomic E-state index is 0.0207. The van der Waals surface area contributed by atoms with Gasteiger partial charge in [0.2, 0.25) is 11.8 Å². The van der Waals surface area contributed by atoms with Crippen LogP contribution in [0.1, 0.15) is 43.2 Å². The van der Waals surface area contributed by atoms with Crippen molar-refractivity contribution in [3.05, 3.63) is 57.6 Å². The Bertz CT molecular complexity index is 881. The van der Waals surface area contributed by atoms with Crippen LogP contribution in [0.5, 0.6) is 5.75 Å². The number of carbonyl (C=O) groups is 2. The standard InChI is InChI=1S/C22H24Cl2N2O3/c1-14(22-17(23)4-2-5-18(22)24)13-25-20(27)6-3-11-29-16-8-9-19-15(12-16)7-10-21(28)26-19/h2,4-5,8-9,12,14H,3,6-7,10-11,13H2,1H3,(H,25,27)(H,26,28). The Labute approximate surface area is 180 Å². The number of hydrogen-bond acceptors (Lipinski definition) is 3. The summed E-state index contributed by atoms with van der Waals surface area (Å²) in [4.78, 5) is 23.5. The fourth-order valence-electron chi connectivity index (χ4n) is 3.31. The minimum Gasteiger partial charge on any atom is -0.494 e. The van der Waals surface area contributed by atoms with Crippen LogP contribution in [0.2, 0.25) is 10.0 Å². The fraction of sp³-hybridized carbons (Fsp3) is 0.364. The highest BCUT2D eigenvalue weighted by Gasteiger charge is 2.16. The molecule has 7 heteroatoms. The van der Waals surface area contributed by atoms with Gasteiger partial charge in [0, 0.05) is 41.0 Å². The van der Waals surface area contributed by atoms with E-state index in [1.807, 2.05) is 25.1 Å². The molecule has 5 nitrogen and oxygen atoms in total. The topological polar surface area (TPSA) is 67.4 Å². The van der Waals surface area contributed by atoms with E-state index in [1.165, 1.54) is 0 Å². The van der Waals surface area contributed by atoms with E-state index in [9.17, 15) is 9.59 Å². The average Bonchev–Trinajstić information content (AvgIpc) is 2.69. The summed E-state index contributed by atoms with van der Waals surface area (Å²) < 4.78 is 5.75. The molecule has 154 valence electrons. The van der Waals surface area contributed by atoms with Gasteiger partial charge in [0.1, 0.15) is 5.75 Å². The van der Waals surface area contributed by atoms with Crippen molar-refractivity contribution in [3.63, 3.8) is 0 Å². The molecule has 3 rings (SSSR count).